The summed E-state index contributed by atoms with van der Waals surface area (Å²) in [5.41, 5.74) is 0. The van der Waals surface area contributed by atoms with Crippen molar-refractivity contribution in [1.29, 1.82) is 0 Å². The van der Waals surface area contributed by atoms with Crippen molar-refractivity contribution in [3.63, 3.8) is 0 Å². The largest absolute Gasteiger partial charge is 1.00 e. The number of carbonyl (C=O) groups is 1. The van der Waals surface area contributed by atoms with Crippen molar-refractivity contribution in [2.45, 2.75) is 20.3 Å². The van der Waals surface area contributed by atoms with Crippen LogP contribution in [0.25, 0.3) is 0 Å². The molecule has 1 rings (SSSR count). The molecule has 80 valence electrons. The molecule has 1 aromatic heterocycles. The Morgan fingerprint density at radius 3 is 1.93 bits per heavy atom. The van der Waals surface area contributed by atoms with E-state index in [0.717, 1.165) is 0 Å². The second-order valence-electron chi connectivity index (χ2n) is 2.65. The Morgan fingerprint density at radius 2 is 1.86 bits per heavy atom. The van der Waals surface area contributed by atoms with E-state index in [1.54, 1.807) is 19.3 Å². The van der Waals surface area contributed by atoms with Gasteiger partial charge in [-0.3, -0.25) is 4.98 Å². The van der Waals surface area contributed by atoms with Gasteiger partial charge in [-0.05, 0) is 24.5 Å². The summed E-state index contributed by atoms with van der Waals surface area (Å²) in [4.78, 5) is 13.6. The predicted molar refractivity (Wildman–Crippen MR) is 48.7 cm³/mol. The minimum absolute atomic E-state index is 0. The fourth-order valence-electron chi connectivity index (χ4n) is 0.479. The van der Waals surface area contributed by atoms with Crippen LogP contribution in [0.4, 0.5) is 0 Å². The van der Waals surface area contributed by atoms with Gasteiger partial charge in [-0.2, -0.15) is 0 Å². The SMILES string of the molecule is CCC(C)C(=O)[O-].[Rh+].c1ccncc1. The molecule has 0 saturated carbocycles. The van der Waals surface area contributed by atoms with Crippen molar-refractivity contribution in [2.75, 3.05) is 0 Å². The molecule has 1 atom stereocenters. The van der Waals surface area contributed by atoms with Crippen LogP contribution in [0.1, 0.15) is 20.3 Å². The number of carboxylic acids is 1. The molecule has 0 amide bonds. The van der Waals surface area contributed by atoms with Crippen LogP contribution in [0.15, 0.2) is 30.6 Å². The molecule has 14 heavy (non-hydrogen) atoms. The van der Waals surface area contributed by atoms with Crippen LogP contribution in [0.2, 0.25) is 0 Å². The van der Waals surface area contributed by atoms with Crippen LogP contribution in [0, 0.1) is 5.92 Å². The molecule has 3 nitrogen and oxygen atoms in total. The molecule has 0 aliphatic carbocycles. The van der Waals surface area contributed by atoms with E-state index in [4.69, 9.17) is 0 Å². The van der Waals surface area contributed by atoms with E-state index in [1.165, 1.54) is 0 Å². The summed E-state index contributed by atoms with van der Waals surface area (Å²) in [7, 11) is 0. The van der Waals surface area contributed by atoms with Crippen LogP contribution in [0.3, 0.4) is 0 Å². The Morgan fingerprint density at radius 1 is 1.36 bits per heavy atom. The third-order valence-electron chi connectivity index (χ3n) is 1.58. The molecule has 0 spiro atoms. The molecule has 1 heterocycles. The number of carboxylic acid groups (broad SMARTS) is 1. The van der Waals surface area contributed by atoms with Gasteiger partial charge in [0.15, 0.2) is 0 Å². The van der Waals surface area contributed by atoms with Gasteiger partial charge in [0.25, 0.3) is 0 Å². The number of aliphatic carboxylic acids is 1. The minimum atomic E-state index is -0.956. The van der Waals surface area contributed by atoms with Gasteiger partial charge in [0, 0.05) is 18.4 Å². The Kier molecular flexibility index (Phi) is 11.6. The van der Waals surface area contributed by atoms with Gasteiger partial charge in [-0.25, -0.2) is 0 Å². The van der Waals surface area contributed by atoms with Gasteiger partial charge in [-0.1, -0.05) is 19.9 Å². The second kappa shape index (κ2) is 10.3. The average Bonchev–Trinajstić information content (AvgIpc) is 2.20. The average molecular weight is 283 g/mol. The summed E-state index contributed by atoms with van der Waals surface area (Å²) >= 11 is 0. The zero-order chi connectivity index (χ0) is 10.1. The molecule has 0 N–H and O–H groups in total. The maximum atomic E-state index is 9.82. The Balaban J connectivity index is 0. The monoisotopic (exact) mass is 283 g/mol. The first kappa shape index (κ1) is 15.7. The van der Waals surface area contributed by atoms with Gasteiger partial charge in [0.1, 0.15) is 0 Å². The fourth-order valence-corrected chi connectivity index (χ4v) is 0.479. The molecule has 0 radical (unpaired) electrons. The molecule has 0 aliphatic heterocycles. The van der Waals surface area contributed by atoms with Crippen LogP contribution in [0.5, 0.6) is 0 Å². The maximum Gasteiger partial charge on any atom is 1.00 e. The van der Waals surface area contributed by atoms with Crippen LogP contribution >= 0.6 is 0 Å². The molecule has 0 aromatic carbocycles. The van der Waals surface area contributed by atoms with Crippen LogP contribution < -0.4 is 5.11 Å². The van der Waals surface area contributed by atoms with Gasteiger partial charge in [-0.15, -0.1) is 0 Å². The summed E-state index contributed by atoms with van der Waals surface area (Å²) in [6.07, 6.45) is 4.16. The topological polar surface area (TPSA) is 53.0 Å². The van der Waals surface area contributed by atoms with Crippen molar-refractivity contribution in [3.8, 4) is 0 Å². The first-order valence-corrected chi connectivity index (χ1v) is 4.24. The number of hydrogen-bond acceptors (Lipinski definition) is 3. The first-order chi connectivity index (χ1) is 6.18. The molecular formula is C10H14NO2Rh. The van der Waals surface area contributed by atoms with Gasteiger partial charge >= 0.3 is 19.5 Å². The van der Waals surface area contributed by atoms with Crippen molar-refractivity contribution in [1.82, 2.24) is 4.98 Å². The number of carbonyl (C=O) groups excluding carboxylic acids is 1. The van der Waals surface area contributed by atoms with E-state index in [-0.39, 0.29) is 25.4 Å². The summed E-state index contributed by atoms with van der Waals surface area (Å²) < 4.78 is 0. The number of nitrogens with zero attached hydrogens (tertiary/aromatic N) is 1. The third-order valence-corrected chi connectivity index (χ3v) is 1.58. The third kappa shape index (κ3) is 9.33. The van der Waals surface area contributed by atoms with E-state index < -0.39 is 5.97 Å². The second-order valence-corrected chi connectivity index (χ2v) is 2.65. The van der Waals surface area contributed by atoms with Gasteiger partial charge in [0.05, 0.1) is 0 Å². The van der Waals surface area contributed by atoms with E-state index in [9.17, 15) is 9.90 Å². The van der Waals surface area contributed by atoms with Crippen molar-refractivity contribution in [2.24, 2.45) is 5.92 Å². The van der Waals surface area contributed by atoms with E-state index in [1.807, 2.05) is 25.1 Å². The number of hydrogen-bond donors (Lipinski definition) is 0. The standard InChI is InChI=1S/C5H5N.C5H10O2.Rh/c1-2-4-6-5-3-1;1-3-4(2)5(6)7;/h1-5H;4H,3H2,1-2H3,(H,6,7);/q;;+1/p-1. The Bertz CT molecular complexity index is 202. The molecule has 0 aliphatic rings. The van der Waals surface area contributed by atoms with E-state index in [2.05, 4.69) is 4.98 Å². The van der Waals surface area contributed by atoms with Gasteiger partial charge < -0.3 is 9.90 Å². The molecule has 0 fully saturated rings. The molecule has 0 saturated heterocycles. The van der Waals surface area contributed by atoms with Gasteiger partial charge in [0.2, 0.25) is 0 Å². The zero-order valence-corrected chi connectivity index (χ0v) is 9.91. The van der Waals surface area contributed by atoms with Crippen LogP contribution in [-0.2, 0) is 24.3 Å². The Hall–Kier alpha value is -0.757. The molecule has 0 bridgehead atoms. The molecule has 4 heteroatoms. The van der Waals surface area contributed by atoms with Crippen molar-refractivity contribution in [3.05, 3.63) is 30.6 Å². The summed E-state index contributed by atoms with van der Waals surface area (Å²) in [6, 6.07) is 5.72. The molecule has 1 aromatic rings. The first-order valence-electron chi connectivity index (χ1n) is 4.24. The maximum absolute atomic E-state index is 9.82. The predicted octanol–water partition coefficient (Wildman–Crippen LogP) is 0.861. The molecule has 1 unspecified atom stereocenters. The summed E-state index contributed by atoms with van der Waals surface area (Å²) in [5, 5.41) is 9.82. The van der Waals surface area contributed by atoms with Crippen molar-refractivity contribution >= 4 is 5.97 Å². The number of aromatic nitrogens is 1. The smallest absolute Gasteiger partial charge is 0.550 e. The number of rotatable bonds is 2. The molecular weight excluding hydrogens is 269 g/mol. The normalized spacial score (nSPS) is 10.1. The van der Waals surface area contributed by atoms with E-state index >= 15 is 0 Å². The number of pyridine rings is 1. The summed E-state index contributed by atoms with van der Waals surface area (Å²) in [6.45, 7) is 3.45. The van der Waals surface area contributed by atoms with Crippen LogP contribution in [-0.4, -0.2) is 11.0 Å². The zero-order valence-electron chi connectivity index (χ0n) is 8.27. The van der Waals surface area contributed by atoms with Crippen molar-refractivity contribution < 1.29 is 29.4 Å². The Labute approximate surface area is 97.3 Å². The van der Waals surface area contributed by atoms with E-state index in [0.29, 0.717) is 6.42 Å². The quantitative estimate of drug-likeness (QED) is 0.756. The fraction of sp³-hybridized carbons (Fsp3) is 0.400. The minimum Gasteiger partial charge on any atom is -0.550 e. The summed E-state index contributed by atoms with van der Waals surface area (Å²) in [5.74, 6) is -1.25.